The maximum Gasteiger partial charge on any atom is 0.258 e. The van der Waals surface area contributed by atoms with Crippen molar-refractivity contribution in [3.05, 3.63) is 35.7 Å². The Kier molecular flexibility index (Phi) is 5.23. The van der Waals surface area contributed by atoms with Gasteiger partial charge < -0.3 is 14.7 Å². The second-order valence-electron chi connectivity index (χ2n) is 9.14. The van der Waals surface area contributed by atoms with Crippen LogP contribution < -0.4 is 5.32 Å². The van der Waals surface area contributed by atoms with E-state index in [1.54, 1.807) is 0 Å². The van der Waals surface area contributed by atoms with Crippen LogP contribution in [-0.4, -0.2) is 46.6 Å². The minimum absolute atomic E-state index is 0.0479. The number of hydrogen-bond acceptors (Lipinski definition) is 5. The maximum absolute atomic E-state index is 13.2. The summed E-state index contributed by atoms with van der Waals surface area (Å²) in [5.41, 5.74) is 1.15. The van der Waals surface area contributed by atoms with Crippen molar-refractivity contribution in [2.75, 3.05) is 19.6 Å². The Balaban J connectivity index is 1.46. The number of rotatable bonds is 5. The van der Waals surface area contributed by atoms with E-state index in [1.165, 1.54) is 12.8 Å². The van der Waals surface area contributed by atoms with Crippen LogP contribution in [0.25, 0.3) is 11.5 Å². The van der Waals surface area contributed by atoms with Gasteiger partial charge in [-0.15, -0.1) is 0 Å². The summed E-state index contributed by atoms with van der Waals surface area (Å²) in [6, 6.07) is 8.07. The lowest BCUT2D eigenvalue weighted by atomic mass is 9.96. The van der Waals surface area contributed by atoms with Gasteiger partial charge in [0.2, 0.25) is 0 Å². The molecule has 0 radical (unpaired) electrons. The number of carbonyl (C=O) groups excluding carboxylic acids is 1. The summed E-state index contributed by atoms with van der Waals surface area (Å²) >= 11 is 0. The van der Waals surface area contributed by atoms with Gasteiger partial charge in [0.25, 0.3) is 11.8 Å². The molecule has 2 aromatic rings. The van der Waals surface area contributed by atoms with Gasteiger partial charge in [-0.3, -0.25) is 4.79 Å². The van der Waals surface area contributed by atoms with Crippen molar-refractivity contribution in [2.24, 2.45) is 5.92 Å². The second-order valence-corrected chi connectivity index (χ2v) is 9.14. The molecular weight excluding hydrogens is 352 g/mol. The zero-order valence-corrected chi connectivity index (χ0v) is 17.1. The first-order valence-electron chi connectivity index (χ1n) is 10.4. The average Bonchev–Trinajstić information content (AvgIpc) is 3.38. The minimum Gasteiger partial charge on any atom is -0.339 e. The van der Waals surface area contributed by atoms with E-state index in [9.17, 15) is 4.79 Å². The van der Waals surface area contributed by atoms with E-state index < -0.39 is 0 Å². The molecular formula is C22H30N4O2. The van der Waals surface area contributed by atoms with Gasteiger partial charge in [-0.2, -0.15) is 4.98 Å². The lowest BCUT2D eigenvalue weighted by molar-refractivity contribution is 0.0705. The summed E-state index contributed by atoms with van der Waals surface area (Å²) in [5.74, 6) is 1.99. The van der Waals surface area contributed by atoms with E-state index in [0.717, 1.165) is 38.4 Å². The molecule has 0 bridgehead atoms. The van der Waals surface area contributed by atoms with Gasteiger partial charge in [0.1, 0.15) is 0 Å². The molecule has 2 aliphatic rings. The van der Waals surface area contributed by atoms with Crippen molar-refractivity contribution in [1.29, 1.82) is 0 Å². The van der Waals surface area contributed by atoms with E-state index in [2.05, 4.69) is 15.5 Å². The Labute approximate surface area is 166 Å². The van der Waals surface area contributed by atoms with Gasteiger partial charge >= 0.3 is 0 Å². The summed E-state index contributed by atoms with van der Waals surface area (Å²) in [4.78, 5) is 19.7. The number of carbonyl (C=O) groups is 1. The van der Waals surface area contributed by atoms with Crippen molar-refractivity contribution in [2.45, 2.75) is 57.9 Å². The maximum atomic E-state index is 13.2. The molecule has 0 unspecified atom stereocenters. The third-order valence-corrected chi connectivity index (χ3v) is 5.66. The molecule has 1 saturated heterocycles. The van der Waals surface area contributed by atoms with Crippen LogP contribution in [0.3, 0.4) is 0 Å². The summed E-state index contributed by atoms with van der Waals surface area (Å²) in [7, 11) is 0. The number of aromatic nitrogens is 2. The number of amides is 1. The van der Waals surface area contributed by atoms with Gasteiger partial charge in [0.15, 0.2) is 5.82 Å². The van der Waals surface area contributed by atoms with E-state index in [1.807, 2.05) is 49.9 Å². The van der Waals surface area contributed by atoms with Crippen LogP contribution in [-0.2, 0) is 5.41 Å². The highest BCUT2D eigenvalue weighted by Crippen LogP contribution is 2.29. The molecule has 0 atom stereocenters. The molecule has 2 fully saturated rings. The number of benzene rings is 1. The van der Waals surface area contributed by atoms with Gasteiger partial charge in [-0.25, -0.2) is 0 Å². The summed E-state index contributed by atoms with van der Waals surface area (Å²) in [6.45, 7) is 8.83. The van der Waals surface area contributed by atoms with Crippen molar-refractivity contribution >= 4 is 5.91 Å². The summed E-state index contributed by atoms with van der Waals surface area (Å²) in [5, 5.41) is 7.77. The predicted octanol–water partition coefficient (Wildman–Crippen LogP) is 3.64. The fraction of sp³-hybridized carbons (Fsp3) is 0.591. The molecule has 150 valence electrons. The van der Waals surface area contributed by atoms with Gasteiger partial charge in [0, 0.05) is 24.5 Å². The molecule has 6 nitrogen and oxygen atoms in total. The standard InChI is InChI=1S/C22H30N4O2/c1-22(2,3)21-24-19(28-25-21)17-6-4-5-7-18(17)20(27)26-12-10-16(11-13-26)23-14-15-8-9-15/h4-7,15-16,23H,8-14H2,1-3H3. The molecule has 2 heterocycles. The Bertz CT molecular complexity index is 827. The van der Waals surface area contributed by atoms with Crippen LogP contribution in [0.15, 0.2) is 28.8 Å². The van der Waals surface area contributed by atoms with Gasteiger partial charge in [-0.05, 0) is 50.3 Å². The first kappa shape index (κ1) is 19.1. The number of nitrogens with zero attached hydrogens (tertiary/aromatic N) is 3. The highest BCUT2D eigenvalue weighted by Gasteiger charge is 2.29. The van der Waals surface area contributed by atoms with E-state index in [-0.39, 0.29) is 11.3 Å². The smallest absolute Gasteiger partial charge is 0.258 e. The quantitative estimate of drug-likeness (QED) is 0.855. The minimum atomic E-state index is -0.198. The molecule has 1 amide bonds. The van der Waals surface area contributed by atoms with Crippen molar-refractivity contribution in [3.8, 4) is 11.5 Å². The van der Waals surface area contributed by atoms with E-state index in [0.29, 0.717) is 28.9 Å². The molecule has 1 aromatic carbocycles. The van der Waals surface area contributed by atoms with Crippen molar-refractivity contribution in [3.63, 3.8) is 0 Å². The summed E-state index contributed by atoms with van der Waals surface area (Å²) in [6.07, 6.45) is 4.76. The monoisotopic (exact) mass is 382 g/mol. The molecule has 1 aromatic heterocycles. The van der Waals surface area contributed by atoms with Gasteiger partial charge in [0.05, 0.1) is 11.1 Å². The molecule has 28 heavy (non-hydrogen) atoms. The molecule has 1 aliphatic carbocycles. The zero-order valence-electron chi connectivity index (χ0n) is 17.1. The first-order chi connectivity index (χ1) is 13.4. The Morgan fingerprint density at radius 3 is 2.54 bits per heavy atom. The molecule has 6 heteroatoms. The number of hydrogen-bond donors (Lipinski definition) is 1. The lowest BCUT2D eigenvalue weighted by Gasteiger charge is -2.33. The highest BCUT2D eigenvalue weighted by atomic mass is 16.5. The average molecular weight is 383 g/mol. The number of nitrogens with one attached hydrogen (secondary N) is 1. The number of piperidine rings is 1. The van der Waals surface area contributed by atoms with Crippen LogP contribution in [0.5, 0.6) is 0 Å². The Morgan fingerprint density at radius 1 is 1.18 bits per heavy atom. The molecule has 1 saturated carbocycles. The topological polar surface area (TPSA) is 71.3 Å². The van der Waals surface area contributed by atoms with Crippen molar-refractivity contribution < 1.29 is 9.32 Å². The molecule has 1 aliphatic heterocycles. The number of likely N-dealkylation sites (tertiary alicyclic amines) is 1. The fourth-order valence-corrected chi connectivity index (χ4v) is 3.61. The van der Waals surface area contributed by atoms with Crippen LogP contribution in [0.2, 0.25) is 0 Å². The second kappa shape index (κ2) is 7.66. The highest BCUT2D eigenvalue weighted by molar-refractivity contribution is 6.00. The lowest BCUT2D eigenvalue weighted by Crippen LogP contribution is -2.45. The normalized spacial score (nSPS) is 18.5. The van der Waals surface area contributed by atoms with E-state index in [4.69, 9.17) is 4.52 Å². The van der Waals surface area contributed by atoms with Crippen LogP contribution >= 0.6 is 0 Å². The first-order valence-corrected chi connectivity index (χ1v) is 10.4. The Hall–Kier alpha value is -2.21. The predicted molar refractivity (Wildman–Crippen MR) is 108 cm³/mol. The largest absolute Gasteiger partial charge is 0.339 e. The van der Waals surface area contributed by atoms with Crippen LogP contribution in [0.4, 0.5) is 0 Å². The molecule has 4 rings (SSSR count). The summed E-state index contributed by atoms with van der Waals surface area (Å²) < 4.78 is 5.49. The fourth-order valence-electron chi connectivity index (χ4n) is 3.61. The van der Waals surface area contributed by atoms with E-state index >= 15 is 0 Å². The molecule has 0 spiro atoms. The van der Waals surface area contributed by atoms with Crippen molar-refractivity contribution in [1.82, 2.24) is 20.4 Å². The third kappa shape index (κ3) is 4.27. The SMILES string of the molecule is CC(C)(C)c1noc(-c2ccccc2C(=O)N2CCC(NCC3CC3)CC2)n1. The zero-order chi connectivity index (χ0) is 19.7. The Morgan fingerprint density at radius 2 is 1.89 bits per heavy atom. The van der Waals surface area contributed by atoms with Gasteiger partial charge in [-0.1, -0.05) is 38.1 Å². The third-order valence-electron chi connectivity index (χ3n) is 5.66. The molecule has 1 N–H and O–H groups in total. The van der Waals surface area contributed by atoms with Crippen LogP contribution in [0.1, 0.15) is 62.6 Å². The van der Waals surface area contributed by atoms with Crippen LogP contribution in [0, 0.1) is 5.92 Å².